The fraction of sp³-hybridized carbons (Fsp3) is 0.579. The standard InChI is InChI=1S/C19H29N/c1-3-5-6-7-8-9-10-15-20-16-14-18-13-11-12-17(4-2)19(18)20/h11-14,16H,3-10,15H2,1-2H3. The van der Waals surface area contributed by atoms with Crippen molar-refractivity contribution in [2.75, 3.05) is 0 Å². The Balaban J connectivity index is 1.84. The van der Waals surface area contributed by atoms with Crippen LogP contribution in [0.1, 0.15) is 64.4 Å². The molecule has 0 saturated carbocycles. The zero-order valence-corrected chi connectivity index (χ0v) is 13.2. The van der Waals surface area contributed by atoms with Gasteiger partial charge in [-0.1, -0.05) is 70.6 Å². The van der Waals surface area contributed by atoms with E-state index >= 15 is 0 Å². The summed E-state index contributed by atoms with van der Waals surface area (Å²) in [7, 11) is 0. The predicted molar refractivity (Wildman–Crippen MR) is 89.3 cm³/mol. The van der Waals surface area contributed by atoms with Crippen LogP contribution in [0.4, 0.5) is 0 Å². The number of para-hydroxylation sites is 1. The molecule has 0 atom stereocenters. The summed E-state index contributed by atoms with van der Waals surface area (Å²) in [5.41, 5.74) is 2.94. The lowest BCUT2D eigenvalue weighted by Crippen LogP contribution is -1.98. The molecule has 0 aliphatic heterocycles. The predicted octanol–water partition coefficient (Wildman–Crippen LogP) is 5.95. The fourth-order valence-electron chi connectivity index (χ4n) is 3.05. The summed E-state index contributed by atoms with van der Waals surface area (Å²) in [4.78, 5) is 0. The van der Waals surface area contributed by atoms with Crippen LogP contribution in [0.15, 0.2) is 30.5 Å². The lowest BCUT2D eigenvalue weighted by Gasteiger charge is -2.09. The van der Waals surface area contributed by atoms with Crippen LogP contribution in [0.25, 0.3) is 10.9 Å². The minimum absolute atomic E-state index is 1.12. The largest absolute Gasteiger partial charge is 0.347 e. The van der Waals surface area contributed by atoms with Crippen LogP contribution >= 0.6 is 0 Å². The van der Waals surface area contributed by atoms with E-state index in [9.17, 15) is 0 Å². The summed E-state index contributed by atoms with van der Waals surface area (Å²) >= 11 is 0. The lowest BCUT2D eigenvalue weighted by atomic mass is 10.1. The Morgan fingerprint density at radius 2 is 1.60 bits per heavy atom. The lowest BCUT2D eigenvalue weighted by molar-refractivity contribution is 0.556. The number of nitrogens with zero attached hydrogens (tertiary/aromatic N) is 1. The van der Waals surface area contributed by atoms with E-state index in [-0.39, 0.29) is 0 Å². The molecule has 1 heterocycles. The fourth-order valence-corrected chi connectivity index (χ4v) is 3.05. The number of fused-ring (bicyclic) bond motifs is 1. The Bertz CT molecular complexity index is 509. The zero-order chi connectivity index (χ0) is 14.2. The highest BCUT2D eigenvalue weighted by atomic mass is 14.9. The summed E-state index contributed by atoms with van der Waals surface area (Å²) in [5, 5.41) is 1.40. The minimum Gasteiger partial charge on any atom is -0.347 e. The van der Waals surface area contributed by atoms with Crippen molar-refractivity contribution >= 4 is 10.9 Å². The van der Waals surface area contributed by atoms with Crippen molar-refractivity contribution in [2.24, 2.45) is 0 Å². The second-order valence-corrected chi connectivity index (χ2v) is 5.84. The molecule has 1 heteroatoms. The van der Waals surface area contributed by atoms with E-state index < -0.39 is 0 Å². The van der Waals surface area contributed by atoms with E-state index in [0.29, 0.717) is 0 Å². The highest BCUT2D eigenvalue weighted by Crippen LogP contribution is 2.21. The molecule has 1 aromatic carbocycles. The Kier molecular flexibility index (Phi) is 6.17. The van der Waals surface area contributed by atoms with Gasteiger partial charge < -0.3 is 4.57 Å². The number of hydrogen-bond donors (Lipinski definition) is 0. The molecule has 0 aliphatic carbocycles. The van der Waals surface area contributed by atoms with Gasteiger partial charge in [0.1, 0.15) is 0 Å². The van der Waals surface area contributed by atoms with E-state index in [1.54, 1.807) is 0 Å². The first-order valence-corrected chi connectivity index (χ1v) is 8.43. The zero-order valence-electron chi connectivity index (χ0n) is 13.2. The van der Waals surface area contributed by atoms with Gasteiger partial charge in [-0.05, 0) is 29.9 Å². The van der Waals surface area contributed by atoms with Crippen molar-refractivity contribution in [3.63, 3.8) is 0 Å². The molecule has 0 aliphatic rings. The maximum Gasteiger partial charge on any atom is 0.0512 e. The van der Waals surface area contributed by atoms with Crippen LogP contribution in [0.3, 0.4) is 0 Å². The first kappa shape index (κ1) is 15.2. The van der Waals surface area contributed by atoms with Gasteiger partial charge in [-0.3, -0.25) is 0 Å². The number of hydrogen-bond acceptors (Lipinski definition) is 0. The molecule has 1 aromatic heterocycles. The normalized spacial score (nSPS) is 11.3. The molecule has 0 fully saturated rings. The molecule has 0 bridgehead atoms. The van der Waals surface area contributed by atoms with Crippen LogP contribution in [0.5, 0.6) is 0 Å². The third-order valence-electron chi connectivity index (χ3n) is 4.26. The van der Waals surface area contributed by atoms with Crippen LogP contribution in [0.2, 0.25) is 0 Å². The van der Waals surface area contributed by atoms with E-state index in [2.05, 4.69) is 48.9 Å². The highest BCUT2D eigenvalue weighted by Gasteiger charge is 2.04. The van der Waals surface area contributed by atoms with Crippen molar-refractivity contribution in [3.05, 3.63) is 36.0 Å². The van der Waals surface area contributed by atoms with Crippen molar-refractivity contribution in [2.45, 2.75) is 71.8 Å². The molecule has 20 heavy (non-hydrogen) atoms. The first-order valence-electron chi connectivity index (χ1n) is 8.43. The van der Waals surface area contributed by atoms with Crippen LogP contribution in [-0.2, 0) is 13.0 Å². The number of unbranched alkanes of at least 4 members (excludes halogenated alkanes) is 6. The minimum atomic E-state index is 1.12. The molecule has 0 unspecified atom stereocenters. The number of aryl methyl sites for hydroxylation is 2. The molecular weight excluding hydrogens is 242 g/mol. The average Bonchev–Trinajstić information content (AvgIpc) is 2.89. The van der Waals surface area contributed by atoms with Crippen molar-refractivity contribution in [1.29, 1.82) is 0 Å². The quantitative estimate of drug-likeness (QED) is 0.496. The highest BCUT2D eigenvalue weighted by molar-refractivity contribution is 5.83. The average molecular weight is 271 g/mol. The Labute approximate surface area is 124 Å². The topological polar surface area (TPSA) is 4.93 Å². The molecule has 0 radical (unpaired) electrons. The van der Waals surface area contributed by atoms with Gasteiger partial charge in [-0.25, -0.2) is 0 Å². The molecule has 2 aromatic rings. The maximum atomic E-state index is 2.46. The second-order valence-electron chi connectivity index (χ2n) is 5.84. The van der Waals surface area contributed by atoms with Gasteiger partial charge in [-0.15, -0.1) is 0 Å². The summed E-state index contributed by atoms with van der Waals surface area (Å²) in [6.07, 6.45) is 13.1. The monoisotopic (exact) mass is 271 g/mol. The van der Waals surface area contributed by atoms with E-state index in [0.717, 1.165) is 6.42 Å². The third-order valence-corrected chi connectivity index (χ3v) is 4.26. The van der Waals surface area contributed by atoms with Gasteiger partial charge in [0.05, 0.1) is 5.52 Å². The molecule has 0 saturated heterocycles. The van der Waals surface area contributed by atoms with Crippen LogP contribution < -0.4 is 0 Å². The molecule has 0 N–H and O–H groups in total. The third kappa shape index (κ3) is 3.88. The van der Waals surface area contributed by atoms with Crippen LogP contribution in [0, 0.1) is 0 Å². The summed E-state index contributed by atoms with van der Waals surface area (Å²) in [6, 6.07) is 8.94. The molecule has 110 valence electrons. The van der Waals surface area contributed by atoms with Gasteiger partial charge in [-0.2, -0.15) is 0 Å². The van der Waals surface area contributed by atoms with Crippen molar-refractivity contribution < 1.29 is 0 Å². The Hall–Kier alpha value is -1.24. The molecule has 1 nitrogen and oxygen atoms in total. The molecular formula is C19H29N. The number of benzene rings is 1. The van der Waals surface area contributed by atoms with Crippen molar-refractivity contribution in [1.82, 2.24) is 4.57 Å². The molecule has 0 amide bonds. The van der Waals surface area contributed by atoms with E-state index in [4.69, 9.17) is 0 Å². The second kappa shape index (κ2) is 8.14. The van der Waals surface area contributed by atoms with E-state index in [1.165, 1.54) is 68.0 Å². The van der Waals surface area contributed by atoms with Gasteiger partial charge >= 0.3 is 0 Å². The SMILES string of the molecule is CCCCCCCCCn1ccc2cccc(CC)c21. The summed E-state index contributed by atoms with van der Waals surface area (Å²) in [5.74, 6) is 0. The first-order chi connectivity index (χ1) is 9.86. The van der Waals surface area contributed by atoms with Gasteiger partial charge in [0.15, 0.2) is 0 Å². The molecule has 2 rings (SSSR count). The van der Waals surface area contributed by atoms with Crippen molar-refractivity contribution in [3.8, 4) is 0 Å². The van der Waals surface area contributed by atoms with Gasteiger partial charge in [0.2, 0.25) is 0 Å². The summed E-state index contributed by atoms with van der Waals surface area (Å²) in [6.45, 7) is 5.70. The summed E-state index contributed by atoms with van der Waals surface area (Å²) < 4.78 is 2.46. The molecule has 0 spiro atoms. The number of rotatable bonds is 9. The Morgan fingerprint density at radius 3 is 2.35 bits per heavy atom. The van der Waals surface area contributed by atoms with Gasteiger partial charge in [0.25, 0.3) is 0 Å². The Morgan fingerprint density at radius 1 is 0.850 bits per heavy atom. The number of aromatic nitrogens is 1. The maximum absolute atomic E-state index is 2.46. The van der Waals surface area contributed by atoms with Gasteiger partial charge in [0, 0.05) is 12.7 Å². The smallest absolute Gasteiger partial charge is 0.0512 e. The van der Waals surface area contributed by atoms with Crippen LogP contribution in [-0.4, -0.2) is 4.57 Å². The van der Waals surface area contributed by atoms with E-state index in [1.807, 2.05) is 0 Å².